The maximum atomic E-state index is 10.1. The van der Waals surface area contributed by atoms with E-state index in [-0.39, 0.29) is 0 Å². The number of hydrogen-bond acceptors (Lipinski definition) is 4. The fraction of sp³-hybridized carbons (Fsp3) is 0.353. The number of methoxy groups -OCH3 is 2. The molecule has 1 aromatic heterocycles. The van der Waals surface area contributed by atoms with E-state index in [1.165, 1.54) is 0 Å². The highest BCUT2D eigenvalue weighted by Gasteiger charge is 2.19. The fourth-order valence-electron chi connectivity index (χ4n) is 2.36. The molecule has 1 aromatic carbocycles. The van der Waals surface area contributed by atoms with Crippen molar-refractivity contribution in [3.8, 4) is 22.8 Å². The van der Waals surface area contributed by atoms with Crippen molar-refractivity contribution in [2.24, 2.45) is 0 Å². The van der Waals surface area contributed by atoms with E-state index in [1.54, 1.807) is 28.1 Å². The number of aryl methyl sites for hydroxylation is 1. The molecule has 0 unspecified atom stereocenters. The van der Waals surface area contributed by atoms with Crippen molar-refractivity contribution in [1.82, 2.24) is 4.98 Å². The Bertz CT molecular complexity index is 645. The smallest absolute Gasteiger partial charge is 0.161 e. The third-order valence-corrected chi connectivity index (χ3v) is 3.42. The van der Waals surface area contributed by atoms with Crippen LogP contribution in [0.5, 0.6) is 11.5 Å². The van der Waals surface area contributed by atoms with Crippen molar-refractivity contribution in [3.05, 3.63) is 41.6 Å². The normalized spacial score (nSPS) is 11.3. The molecule has 0 bridgehead atoms. The van der Waals surface area contributed by atoms with Gasteiger partial charge in [0.05, 0.1) is 25.5 Å². The lowest BCUT2D eigenvalue weighted by Gasteiger charge is -2.20. The molecule has 1 N–H and O–H groups in total. The Morgan fingerprint density at radius 3 is 2.19 bits per heavy atom. The number of aromatic nitrogens is 1. The van der Waals surface area contributed by atoms with Gasteiger partial charge in [-0.05, 0) is 45.0 Å². The molecule has 0 saturated carbocycles. The zero-order valence-electron chi connectivity index (χ0n) is 13.1. The van der Waals surface area contributed by atoms with Crippen molar-refractivity contribution >= 4 is 0 Å². The number of benzene rings is 1. The monoisotopic (exact) mass is 287 g/mol. The number of hydrogen-bond donors (Lipinski definition) is 1. The lowest BCUT2D eigenvalue weighted by atomic mass is 9.96. The molecule has 0 saturated heterocycles. The zero-order chi connectivity index (χ0) is 15.6. The summed E-state index contributed by atoms with van der Waals surface area (Å²) in [5.74, 6) is 1.35. The Labute approximate surface area is 125 Å². The molecule has 2 rings (SSSR count). The maximum Gasteiger partial charge on any atom is 0.161 e. The van der Waals surface area contributed by atoms with E-state index in [0.29, 0.717) is 11.5 Å². The van der Waals surface area contributed by atoms with E-state index < -0.39 is 5.60 Å². The summed E-state index contributed by atoms with van der Waals surface area (Å²) in [6, 6.07) is 9.50. The Kier molecular flexibility index (Phi) is 4.19. The molecule has 4 heteroatoms. The molecular formula is C17H21NO3. The quantitative estimate of drug-likeness (QED) is 0.937. The van der Waals surface area contributed by atoms with Crippen molar-refractivity contribution < 1.29 is 14.6 Å². The molecule has 0 radical (unpaired) electrons. The molecule has 112 valence electrons. The van der Waals surface area contributed by atoms with Crippen LogP contribution in [0, 0.1) is 6.92 Å². The van der Waals surface area contributed by atoms with Crippen LogP contribution in [0.25, 0.3) is 11.3 Å². The first-order valence-corrected chi connectivity index (χ1v) is 6.79. The number of pyridine rings is 1. The highest BCUT2D eigenvalue weighted by molar-refractivity contribution is 5.64. The minimum Gasteiger partial charge on any atom is -0.493 e. The minimum atomic E-state index is -0.896. The van der Waals surface area contributed by atoms with Crippen LogP contribution in [-0.2, 0) is 5.60 Å². The van der Waals surface area contributed by atoms with Gasteiger partial charge >= 0.3 is 0 Å². The number of aliphatic hydroxyl groups is 1. The highest BCUT2D eigenvalue weighted by Crippen LogP contribution is 2.32. The van der Waals surface area contributed by atoms with Gasteiger partial charge in [0.1, 0.15) is 0 Å². The largest absolute Gasteiger partial charge is 0.493 e. The van der Waals surface area contributed by atoms with Gasteiger partial charge in [-0.3, -0.25) is 4.98 Å². The van der Waals surface area contributed by atoms with E-state index in [9.17, 15) is 5.11 Å². The number of rotatable bonds is 4. The standard InChI is InChI=1S/C17H21NO3/c1-11-13(17(2,3)19)7-8-14(18-11)12-6-9-15(20-4)16(10-12)21-5/h6-10,19H,1-5H3. The second-order valence-corrected chi connectivity index (χ2v) is 5.46. The van der Waals surface area contributed by atoms with Gasteiger partial charge in [0.25, 0.3) is 0 Å². The van der Waals surface area contributed by atoms with Crippen LogP contribution in [0.1, 0.15) is 25.1 Å². The molecule has 0 spiro atoms. The van der Waals surface area contributed by atoms with Gasteiger partial charge < -0.3 is 14.6 Å². The van der Waals surface area contributed by atoms with E-state index >= 15 is 0 Å². The number of ether oxygens (including phenoxy) is 2. The summed E-state index contributed by atoms with van der Waals surface area (Å²) in [4.78, 5) is 4.58. The predicted octanol–water partition coefficient (Wildman–Crippen LogP) is 3.30. The van der Waals surface area contributed by atoms with Gasteiger partial charge in [-0.1, -0.05) is 6.07 Å². The molecular weight excluding hydrogens is 266 g/mol. The maximum absolute atomic E-state index is 10.1. The van der Waals surface area contributed by atoms with E-state index in [0.717, 1.165) is 22.5 Å². The second-order valence-electron chi connectivity index (χ2n) is 5.46. The van der Waals surface area contributed by atoms with Crippen LogP contribution in [-0.4, -0.2) is 24.3 Å². The lowest BCUT2D eigenvalue weighted by molar-refractivity contribution is 0.0775. The van der Waals surface area contributed by atoms with Crippen LogP contribution in [0.4, 0.5) is 0 Å². The minimum absolute atomic E-state index is 0.668. The van der Waals surface area contributed by atoms with Crippen LogP contribution >= 0.6 is 0 Å². The molecule has 0 aliphatic carbocycles. The summed E-state index contributed by atoms with van der Waals surface area (Å²) in [5, 5.41) is 10.1. The van der Waals surface area contributed by atoms with Crippen LogP contribution in [0.2, 0.25) is 0 Å². The Morgan fingerprint density at radius 2 is 1.67 bits per heavy atom. The van der Waals surface area contributed by atoms with Crippen molar-refractivity contribution in [1.29, 1.82) is 0 Å². The SMILES string of the molecule is COc1ccc(-c2ccc(C(C)(C)O)c(C)n2)cc1OC. The average molecular weight is 287 g/mol. The van der Waals surface area contributed by atoms with Gasteiger partial charge in [0, 0.05) is 16.8 Å². The second kappa shape index (κ2) is 5.74. The van der Waals surface area contributed by atoms with Gasteiger partial charge in [-0.2, -0.15) is 0 Å². The Hall–Kier alpha value is -2.07. The first-order chi connectivity index (χ1) is 9.86. The van der Waals surface area contributed by atoms with Crippen LogP contribution < -0.4 is 9.47 Å². The van der Waals surface area contributed by atoms with Gasteiger partial charge in [-0.25, -0.2) is 0 Å². The first-order valence-electron chi connectivity index (χ1n) is 6.79. The summed E-state index contributed by atoms with van der Waals surface area (Å²) in [7, 11) is 3.22. The molecule has 0 fully saturated rings. The van der Waals surface area contributed by atoms with E-state index in [2.05, 4.69) is 4.98 Å². The molecule has 21 heavy (non-hydrogen) atoms. The third-order valence-electron chi connectivity index (χ3n) is 3.42. The van der Waals surface area contributed by atoms with E-state index in [1.807, 2.05) is 37.3 Å². The average Bonchev–Trinajstić information content (AvgIpc) is 2.45. The molecule has 0 amide bonds. The summed E-state index contributed by atoms with van der Waals surface area (Å²) < 4.78 is 10.5. The van der Waals surface area contributed by atoms with Gasteiger partial charge in [0.2, 0.25) is 0 Å². The molecule has 0 aliphatic rings. The molecule has 0 atom stereocenters. The molecule has 2 aromatic rings. The third kappa shape index (κ3) is 3.16. The topological polar surface area (TPSA) is 51.6 Å². The summed E-state index contributed by atoms with van der Waals surface area (Å²) >= 11 is 0. The lowest BCUT2D eigenvalue weighted by Crippen LogP contribution is -2.17. The summed E-state index contributed by atoms with van der Waals surface area (Å²) in [6.45, 7) is 5.41. The van der Waals surface area contributed by atoms with Crippen LogP contribution in [0.3, 0.4) is 0 Å². The van der Waals surface area contributed by atoms with E-state index in [4.69, 9.17) is 9.47 Å². The van der Waals surface area contributed by atoms with Crippen LogP contribution in [0.15, 0.2) is 30.3 Å². The summed E-state index contributed by atoms with van der Waals surface area (Å²) in [6.07, 6.45) is 0. The molecule has 1 heterocycles. The summed E-state index contributed by atoms with van der Waals surface area (Å²) in [5.41, 5.74) is 2.52. The fourth-order valence-corrected chi connectivity index (χ4v) is 2.36. The van der Waals surface area contributed by atoms with Crippen molar-refractivity contribution in [2.75, 3.05) is 14.2 Å². The number of nitrogens with zero attached hydrogens (tertiary/aromatic N) is 1. The molecule has 4 nitrogen and oxygen atoms in total. The van der Waals surface area contributed by atoms with Gasteiger partial charge in [0.15, 0.2) is 11.5 Å². The zero-order valence-corrected chi connectivity index (χ0v) is 13.1. The van der Waals surface area contributed by atoms with Crippen molar-refractivity contribution in [3.63, 3.8) is 0 Å². The predicted molar refractivity (Wildman–Crippen MR) is 82.8 cm³/mol. The Morgan fingerprint density at radius 1 is 1.00 bits per heavy atom. The first kappa shape index (κ1) is 15.3. The molecule has 0 aliphatic heterocycles. The van der Waals surface area contributed by atoms with Gasteiger partial charge in [-0.15, -0.1) is 0 Å². The van der Waals surface area contributed by atoms with Crippen molar-refractivity contribution in [2.45, 2.75) is 26.4 Å². The highest BCUT2D eigenvalue weighted by atomic mass is 16.5. The Balaban J connectivity index is 2.46.